The summed E-state index contributed by atoms with van der Waals surface area (Å²) in [6.07, 6.45) is 3.24. The predicted molar refractivity (Wildman–Crippen MR) is 81.4 cm³/mol. The van der Waals surface area contributed by atoms with Gasteiger partial charge in [-0.3, -0.25) is 0 Å². The van der Waals surface area contributed by atoms with Gasteiger partial charge in [0.05, 0.1) is 5.69 Å². The molecule has 0 saturated carbocycles. The molecule has 4 nitrogen and oxygen atoms in total. The maximum absolute atomic E-state index is 5.76. The standard InChI is InChI=1S/C12H10N4S3/c13-10-12(15-3-2-14-10)19-7-9-6-18-11(16-9)8-1-4-17-5-8/h1-6H,7H2,(H2,13,14). The van der Waals surface area contributed by atoms with Gasteiger partial charge < -0.3 is 5.73 Å². The van der Waals surface area contributed by atoms with Crippen molar-refractivity contribution in [1.29, 1.82) is 0 Å². The van der Waals surface area contributed by atoms with Crippen molar-refractivity contribution in [2.75, 3.05) is 5.73 Å². The maximum atomic E-state index is 5.76. The number of thioether (sulfide) groups is 1. The molecule has 96 valence electrons. The highest BCUT2D eigenvalue weighted by molar-refractivity contribution is 7.98. The van der Waals surface area contributed by atoms with Crippen molar-refractivity contribution in [3.8, 4) is 10.6 Å². The summed E-state index contributed by atoms with van der Waals surface area (Å²) < 4.78 is 0. The second-order valence-electron chi connectivity index (χ2n) is 3.69. The molecule has 0 unspecified atom stereocenters. The Balaban J connectivity index is 1.70. The molecule has 7 heteroatoms. The van der Waals surface area contributed by atoms with Crippen molar-refractivity contribution in [1.82, 2.24) is 15.0 Å². The third-order valence-electron chi connectivity index (χ3n) is 2.37. The van der Waals surface area contributed by atoms with Crippen molar-refractivity contribution in [2.45, 2.75) is 10.8 Å². The molecule has 3 aromatic rings. The summed E-state index contributed by atoms with van der Waals surface area (Å²) in [6.45, 7) is 0. The first-order chi connectivity index (χ1) is 9.33. The van der Waals surface area contributed by atoms with Gasteiger partial charge in [0, 0.05) is 34.5 Å². The fourth-order valence-corrected chi connectivity index (χ4v) is 3.89. The molecule has 0 atom stereocenters. The molecule has 0 fully saturated rings. The van der Waals surface area contributed by atoms with Crippen LogP contribution >= 0.6 is 34.4 Å². The highest BCUT2D eigenvalue weighted by atomic mass is 32.2. The first kappa shape index (κ1) is 12.6. The average Bonchev–Trinajstić information content (AvgIpc) is 3.09. The number of rotatable bonds is 4. The first-order valence-corrected chi connectivity index (χ1v) is 8.30. The Kier molecular flexibility index (Phi) is 3.77. The molecule has 0 aliphatic heterocycles. The minimum atomic E-state index is 0.473. The van der Waals surface area contributed by atoms with Crippen molar-refractivity contribution in [3.05, 3.63) is 40.3 Å². The van der Waals surface area contributed by atoms with E-state index in [4.69, 9.17) is 5.73 Å². The fourth-order valence-electron chi connectivity index (χ4n) is 1.48. The summed E-state index contributed by atoms with van der Waals surface area (Å²) in [6, 6.07) is 2.08. The Bertz CT molecular complexity index is 663. The lowest BCUT2D eigenvalue weighted by Gasteiger charge is -2.00. The van der Waals surface area contributed by atoms with Gasteiger partial charge in [-0.05, 0) is 11.4 Å². The molecule has 0 saturated heterocycles. The van der Waals surface area contributed by atoms with Crippen LogP contribution in [0.2, 0.25) is 0 Å². The van der Waals surface area contributed by atoms with Gasteiger partial charge in [-0.25, -0.2) is 15.0 Å². The third kappa shape index (κ3) is 2.94. The fraction of sp³-hybridized carbons (Fsp3) is 0.0833. The summed E-state index contributed by atoms with van der Waals surface area (Å²) in [4.78, 5) is 12.8. The Morgan fingerprint density at radius 1 is 1.21 bits per heavy atom. The predicted octanol–water partition coefficient (Wildman–Crippen LogP) is 3.54. The van der Waals surface area contributed by atoms with Crippen LogP contribution in [-0.4, -0.2) is 15.0 Å². The van der Waals surface area contributed by atoms with E-state index in [-0.39, 0.29) is 0 Å². The molecule has 3 rings (SSSR count). The van der Waals surface area contributed by atoms with E-state index in [0.717, 1.165) is 21.5 Å². The Morgan fingerprint density at radius 3 is 2.89 bits per heavy atom. The number of anilines is 1. The number of nitrogen functional groups attached to an aromatic ring is 1. The highest BCUT2D eigenvalue weighted by Gasteiger charge is 2.07. The van der Waals surface area contributed by atoms with Crippen LogP contribution in [0.4, 0.5) is 5.82 Å². The van der Waals surface area contributed by atoms with E-state index in [9.17, 15) is 0 Å². The molecule has 0 radical (unpaired) electrons. The topological polar surface area (TPSA) is 64.7 Å². The van der Waals surface area contributed by atoms with Crippen molar-refractivity contribution in [2.24, 2.45) is 0 Å². The Morgan fingerprint density at radius 2 is 2.11 bits per heavy atom. The summed E-state index contributed by atoms with van der Waals surface area (Å²) >= 11 is 4.90. The Hall–Kier alpha value is -1.44. The average molecular weight is 306 g/mol. The lowest BCUT2D eigenvalue weighted by molar-refractivity contribution is 1.07. The van der Waals surface area contributed by atoms with Crippen LogP contribution in [0.1, 0.15) is 5.69 Å². The van der Waals surface area contributed by atoms with Gasteiger partial charge in [0.2, 0.25) is 0 Å². The van der Waals surface area contributed by atoms with Crippen molar-refractivity contribution >= 4 is 40.3 Å². The monoisotopic (exact) mass is 306 g/mol. The van der Waals surface area contributed by atoms with E-state index in [2.05, 4.69) is 37.2 Å². The van der Waals surface area contributed by atoms with Crippen molar-refractivity contribution < 1.29 is 0 Å². The van der Waals surface area contributed by atoms with E-state index < -0.39 is 0 Å². The minimum absolute atomic E-state index is 0.473. The summed E-state index contributed by atoms with van der Waals surface area (Å²) in [5.74, 6) is 1.23. The third-order valence-corrected chi connectivity index (χ3v) is 5.02. The zero-order chi connectivity index (χ0) is 13.1. The molecule has 0 aliphatic carbocycles. The molecule has 3 heterocycles. The highest BCUT2D eigenvalue weighted by Crippen LogP contribution is 2.29. The van der Waals surface area contributed by atoms with Crippen molar-refractivity contribution in [3.63, 3.8) is 0 Å². The summed E-state index contributed by atoms with van der Waals surface area (Å²) in [5, 5.41) is 8.06. The number of hydrogen-bond acceptors (Lipinski definition) is 7. The molecule has 0 spiro atoms. The van der Waals surface area contributed by atoms with Crippen LogP contribution in [0.3, 0.4) is 0 Å². The Labute approximate surface area is 122 Å². The summed E-state index contributed by atoms with van der Waals surface area (Å²) in [7, 11) is 0. The minimum Gasteiger partial charge on any atom is -0.381 e. The lowest BCUT2D eigenvalue weighted by atomic mass is 10.4. The van der Waals surface area contributed by atoms with Crippen LogP contribution < -0.4 is 5.73 Å². The molecule has 0 amide bonds. The van der Waals surface area contributed by atoms with Crippen LogP contribution in [0, 0.1) is 0 Å². The van der Waals surface area contributed by atoms with Gasteiger partial charge in [0.15, 0.2) is 5.82 Å². The molecule has 19 heavy (non-hydrogen) atoms. The number of thiazole rings is 1. The first-order valence-electron chi connectivity index (χ1n) is 5.49. The molecular weight excluding hydrogens is 296 g/mol. The largest absolute Gasteiger partial charge is 0.381 e. The quantitative estimate of drug-likeness (QED) is 0.747. The van der Waals surface area contributed by atoms with Gasteiger partial charge >= 0.3 is 0 Å². The molecule has 2 N–H and O–H groups in total. The molecule has 0 aromatic carbocycles. The van der Waals surface area contributed by atoms with E-state index in [0.29, 0.717) is 5.82 Å². The number of thiophene rings is 1. The van der Waals surface area contributed by atoms with Gasteiger partial charge in [0.25, 0.3) is 0 Å². The number of nitrogens with two attached hydrogens (primary N) is 1. The van der Waals surface area contributed by atoms with Gasteiger partial charge in [0.1, 0.15) is 10.0 Å². The van der Waals surface area contributed by atoms with Crippen LogP contribution in [0.15, 0.2) is 39.6 Å². The van der Waals surface area contributed by atoms with Crippen LogP contribution in [0.25, 0.3) is 10.6 Å². The van der Waals surface area contributed by atoms with E-state index >= 15 is 0 Å². The molecule has 3 aromatic heterocycles. The van der Waals surface area contributed by atoms with Gasteiger partial charge in [-0.15, -0.1) is 11.3 Å². The van der Waals surface area contributed by atoms with E-state index in [1.807, 2.05) is 0 Å². The molecule has 0 aliphatic rings. The van der Waals surface area contributed by atoms with Crippen LogP contribution in [-0.2, 0) is 5.75 Å². The lowest BCUT2D eigenvalue weighted by Crippen LogP contribution is -1.95. The van der Waals surface area contributed by atoms with Crippen LogP contribution in [0.5, 0.6) is 0 Å². The van der Waals surface area contributed by atoms with Gasteiger partial charge in [-0.2, -0.15) is 11.3 Å². The normalized spacial score (nSPS) is 10.7. The number of hydrogen-bond donors (Lipinski definition) is 1. The zero-order valence-electron chi connectivity index (χ0n) is 9.81. The van der Waals surface area contributed by atoms with E-state index in [1.165, 1.54) is 5.56 Å². The van der Waals surface area contributed by atoms with E-state index in [1.54, 1.807) is 46.8 Å². The molecule has 0 bridgehead atoms. The summed E-state index contributed by atoms with van der Waals surface area (Å²) in [5.41, 5.74) is 7.98. The molecular formula is C12H10N4S3. The second kappa shape index (κ2) is 5.68. The number of aromatic nitrogens is 3. The smallest absolute Gasteiger partial charge is 0.156 e. The maximum Gasteiger partial charge on any atom is 0.156 e. The second-order valence-corrected chi connectivity index (χ2v) is 6.29. The number of nitrogens with zero attached hydrogens (tertiary/aromatic N) is 3. The SMILES string of the molecule is Nc1nccnc1SCc1csc(-c2ccsc2)n1. The van der Waals surface area contributed by atoms with Gasteiger partial charge in [-0.1, -0.05) is 11.8 Å². The zero-order valence-corrected chi connectivity index (χ0v) is 12.3.